The van der Waals surface area contributed by atoms with Gasteiger partial charge in [-0.3, -0.25) is 4.99 Å². The first kappa shape index (κ1) is 21.5. The number of halogens is 1. The highest BCUT2D eigenvalue weighted by Gasteiger charge is 2.08. The molecule has 0 unspecified atom stereocenters. The van der Waals surface area contributed by atoms with Gasteiger partial charge in [0.05, 0.1) is 13.2 Å². The number of aromatic nitrogens is 1. The van der Waals surface area contributed by atoms with E-state index in [0.717, 1.165) is 25.7 Å². The third-order valence-corrected chi connectivity index (χ3v) is 3.97. The lowest BCUT2D eigenvalue weighted by molar-refractivity contribution is 0.134. The van der Waals surface area contributed by atoms with Crippen molar-refractivity contribution in [2.45, 2.75) is 26.6 Å². The monoisotopic (exact) mass is 456 g/mol. The number of aryl methyl sites for hydroxylation is 1. The molecule has 5 nitrogen and oxygen atoms in total. The summed E-state index contributed by atoms with van der Waals surface area (Å²) in [6.07, 6.45) is 2.06. The first-order valence-electron chi connectivity index (χ1n) is 8.31. The number of ether oxygens (including phenoxy) is 1. The van der Waals surface area contributed by atoms with Crippen molar-refractivity contribution < 1.29 is 4.74 Å². The Morgan fingerprint density at radius 2 is 1.88 bits per heavy atom. The molecule has 1 heterocycles. The van der Waals surface area contributed by atoms with Crippen molar-refractivity contribution in [1.82, 2.24) is 14.8 Å². The summed E-state index contributed by atoms with van der Waals surface area (Å²) in [6.45, 7) is 4.99. The lowest BCUT2D eigenvalue weighted by atomic mass is 10.1. The van der Waals surface area contributed by atoms with Crippen LogP contribution in [0.25, 0.3) is 0 Å². The molecule has 138 valence electrons. The average Bonchev–Trinajstić information content (AvgIpc) is 2.99. The first-order chi connectivity index (χ1) is 11.6. The van der Waals surface area contributed by atoms with Crippen LogP contribution in [0.4, 0.5) is 0 Å². The number of benzene rings is 1. The molecule has 0 amide bonds. The summed E-state index contributed by atoms with van der Waals surface area (Å²) in [4.78, 5) is 6.50. The molecule has 25 heavy (non-hydrogen) atoms. The molecule has 0 spiro atoms. The lowest BCUT2D eigenvalue weighted by Crippen LogP contribution is -2.38. The van der Waals surface area contributed by atoms with Crippen LogP contribution in [-0.2, 0) is 31.5 Å². The molecular formula is C19H29IN4O. The summed E-state index contributed by atoms with van der Waals surface area (Å²) >= 11 is 0. The zero-order valence-corrected chi connectivity index (χ0v) is 17.9. The van der Waals surface area contributed by atoms with Crippen LogP contribution in [0.1, 0.15) is 23.7 Å². The van der Waals surface area contributed by atoms with Gasteiger partial charge in [-0.25, -0.2) is 0 Å². The summed E-state index contributed by atoms with van der Waals surface area (Å²) < 4.78 is 7.55. The minimum absolute atomic E-state index is 0. The predicted molar refractivity (Wildman–Crippen MR) is 114 cm³/mol. The molecule has 0 radical (unpaired) electrons. The number of guanidine groups is 1. The van der Waals surface area contributed by atoms with E-state index in [-0.39, 0.29) is 24.0 Å². The van der Waals surface area contributed by atoms with E-state index in [2.05, 4.69) is 69.4 Å². The lowest BCUT2D eigenvalue weighted by Gasteiger charge is -2.22. The molecule has 0 aliphatic rings. The fourth-order valence-corrected chi connectivity index (χ4v) is 2.52. The third-order valence-electron chi connectivity index (χ3n) is 3.97. The molecule has 0 fully saturated rings. The van der Waals surface area contributed by atoms with E-state index in [1.165, 1.54) is 16.8 Å². The molecule has 1 aromatic carbocycles. The van der Waals surface area contributed by atoms with Gasteiger partial charge in [-0.15, -0.1) is 24.0 Å². The Morgan fingerprint density at radius 1 is 1.20 bits per heavy atom. The van der Waals surface area contributed by atoms with Crippen LogP contribution in [0.2, 0.25) is 0 Å². The Bertz CT molecular complexity index is 652. The van der Waals surface area contributed by atoms with Crippen LogP contribution >= 0.6 is 24.0 Å². The molecule has 0 saturated carbocycles. The van der Waals surface area contributed by atoms with E-state index in [4.69, 9.17) is 4.74 Å². The number of nitrogens with one attached hydrogen (secondary N) is 1. The fourth-order valence-electron chi connectivity index (χ4n) is 2.52. The van der Waals surface area contributed by atoms with E-state index in [1.54, 1.807) is 0 Å². The quantitative estimate of drug-likeness (QED) is 0.395. The molecule has 0 bridgehead atoms. The Balaban J connectivity index is 0.00000312. The Morgan fingerprint density at radius 3 is 2.44 bits per heavy atom. The molecule has 0 aliphatic carbocycles. The maximum atomic E-state index is 5.42. The van der Waals surface area contributed by atoms with Crippen molar-refractivity contribution in [2.24, 2.45) is 12.0 Å². The highest BCUT2D eigenvalue weighted by molar-refractivity contribution is 14.0. The Hall–Kier alpha value is -1.54. The number of hydrogen-bond donors (Lipinski definition) is 1. The number of nitrogens with zero attached hydrogens (tertiary/aromatic N) is 3. The molecule has 0 saturated heterocycles. The van der Waals surface area contributed by atoms with Crippen LogP contribution in [0.5, 0.6) is 0 Å². The Kier molecular flexibility index (Phi) is 9.59. The summed E-state index contributed by atoms with van der Waals surface area (Å²) in [5.41, 5.74) is 3.68. The van der Waals surface area contributed by atoms with Crippen molar-refractivity contribution >= 4 is 29.9 Å². The van der Waals surface area contributed by atoms with Crippen molar-refractivity contribution in [3.8, 4) is 0 Å². The largest absolute Gasteiger partial charge is 0.377 e. The van der Waals surface area contributed by atoms with Crippen LogP contribution in [0, 0.1) is 0 Å². The Labute approximate surface area is 168 Å². The van der Waals surface area contributed by atoms with E-state index in [9.17, 15) is 0 Å². The van der Waals surface area contributed by atoms with Gasteiger partial charge in [-0.2, -0.15) is 0 Å². The van der Waals surface area contributed by atoms with Crippen LogP contribution in [0.15, 0.2) is 47.6 Å². The SMILES string of the molecule is CCOCc1ccc(CNC(=NC)N(C)Cc2cccn2C)cc1.I. The van der Waals surface area contributed by atoms with Gasteiger partial charge in [0, 0.05) is 46.2 Å². The van der Waals surface area contributed by atoms with Gasteiger partial charge in [0.1, 0.15) is 0 Å². The summed E-state index contributed by atoms with van der Waals surface area (Å²) in [6, 6.07) is 12.7. The van der Waals surface area contributed by atoms with Gasteiger partial charge < -0.3 is 19.5 Å². The molecule has 1 N–H and O–H groups in total. The number of aliphatic imine (C=N–C) groups is 1. The van der Waals surface area contributed by atoms with Crippen molar-refractivity contribution in [3.63, 3.8) is 0 Å². The van der Waals surface area contributed by atoms with Gasteiger partial charge in [0.15, 0.2) is 5.96 Å². The van der Waals surface area contributed by atoms with E-state index in [0.29, 0.717) is 6.61 Å². The predicted octanol–water partition coefficient (Wildman–Crippen LogP) is 3.39. The van der Waals surface area contributed by atoms with Crippen LogP contribution in [0.3, 0.4) is 0 Å². The number of rotatable bonds is 7. The van der Waals surface area contributed by atoms with Gasteiger partial charge in [0.25, 0.3) is 0 Å². The molecule has 1 aromatic heterocycles. The highest BCUT2D eigenvalue weighted by Crippen LogP contribution is 2.07. The summed E-state index contributed by atoms with van der Waals surface area (Å²) in [5.74, 6) is 0.884. The van der Waals surface area contributed by atoms with Crippen molar-refractivity contribution in [2.75, 3.05) is 20.7 Å². The van der Waals surface area contributed by atoms with Gasteiger partial charge >= 0.3 is 0 Å². The molecule has 2 rings (SSSR count). The normalized spacial score (nSPS) is 11.1. The van der Waals surface area contributed by atoms with Crippen molar-refractivity contribution in [1.29, 1.82) is 0 Å². The van der Waals surface area contributed by atoms with Gasteiger partial charge in [0.2, 0.25) is 0 Å². The maximum absolute atomic E-state index is 5.42. The van der Waals surface area contributed by atoms with E-state index < -0.39 is 0 Å². The van der Waals surface area contributed by atoms with Gasteiger partial charge in [-0.1, -0.05) is 24.3 Å². The average molecular weight is 456 g/mol. The van der Waals surface area contributed by atoms with Crippen LogP contribution in [-0.4, -0.2) is 36.1 Å². The third kappa shape index (κ3) is 6.70. The van der Waals surface area contributed by atoms with Crippen LogP contribution < -0.4 is 5.32 Å². The molecule has 2 aromatic rings. The molecule has 0 atom stereocenters. The second-order valence-corrected chi connectivity index (χ2v) is 5.82. The molecule has 0 aliphatic heterocycles. The van der Waals surface area contributed by atoms with E-state index >= 15 is 0 Å². The first-order valence-corrected chi connectivity index (χ1v) is 8.31. The second-order valence-electron chi connectivity index (χ2n) is 5.82. The smallest absolute Gasteiger partial charge is 0.194 e. The highest BCUT2D eigenvalue weighted by atomic mass is 127. The van der Waals surface area contributed by atoms with Crippen molar-refractivity contribution in [3.05, 3.63) is 59.4 Å². The van der Waals surface area contributed by atoms with E-state index in [1.807, 2.05) is 21.0 Å². The standard InChI is InChI=1S/C19H28N4O.HI/c1-5-24-15-17-10-8-16(9-11-17)13-21-19(20-2)23(4)14-18-7-6-12-22(18)3;/h6-12H,5,13-15H2,1-4H3,(H,20,21);1H. The second kappa shape index (κ2) is 11.1. The summed E-state index contributed by atoms with van der Waals surface area (Å²) in [5, 5.41) is 3.42. The minimum Gasteiger partial charge on any atom is -0.377 e. The van der Waals surface area contributed by atoms with Gasteiger partial charge in [-0.05, 0) is 30.2 Å². The number of hydrogen-bond acceptors (Lipinski definition) is 2. The summed E-state index contributed by atoms with van der Waals surface area (Å²) in [7, 11) is 5.92. The molecule has 6 heteroatoms. The zero-order chi connectivity index (χ0) is 17.4. The minimum atomic E-state index is 0. The zero-order valence-electron chi connectivity index (χ0n) is 15.5. The maximum Gasteiger partial charge on any atom is 0.194 e. The molecular weight excluding hydrogens is 427 g/mol. The fraction of sp³-hybridized carbons (Fsp3) is 0.421. The topological polar surface area (TPSA) is 41.8 Å².